The van der Waals surface area contributed by atoms with E-state index in [0.29, 0.717) is 58.6 Å². The number of piperazine rings is 1. The predicted molar refractivity (Wildman–Crippen MR) is 203 cm³/mol. The molecule has 3 aliphatic heterocycles. The van der Waals surface area contributed by atoms with Crippen LogP contribution in [0.5, 0.6) is 5.75 Å². The number of carbonyl (C=O) groups excluding carboxylic acids is 4. The molecule has 1 unspecified atom stereocenters. The molecule has 0 bridgehead atoms. The van der Waals surface area contributed by atoms with Gasteiger partial charge in [-0.05, 0) is 49.2 Å². The number of fused-ring (bicyclic) bond motifs is 4. The monoisotopic (exact) mass is 756 g/mol. The SMILES string of the molecule is Cn1c2ccncc2c2ccc(N3CCN(CCCOCCOCCOCCOCCOc4ccc5c(c4)C(=O)N(C4CCC(=O)NC4=O)C5=O)CC3)cc21. The van der Waals surface area contributed by atoms with Crippen LogP contribution in [-0.2, 0) is 35.6 Å². The Bertz CT molecular complexity index is 2010. The van der Waals surface area contributed by atoms with Crippen LogP contribution >= 0.6 is 0 Å². The molecule has 1 atom stereocenters. The maximum Gasteiger partial charge on any atom is 0.262 e. The van der Waals surface area contributed by atoms with Crippen LogP contribution in [0.2, 0.25) is 0 Å². The summed E-state index contributed by atoms with van der Waals surface area (Å²) in [6.45, 7) is 9.18. The summed E-state index contributed by atoms with van der Waals surface area (Å²) in [6, 6.07) is 12.4. The molecule has 7 rings (SSSR count). The number of rotatable bonds is 19. The van der Waals surface area contributed by atoms with Gasteiger partial charge < -0.3 is 33.2 Å². The number of hydrogen-bond acceptors (Lipinski definition) is 12. The van der Waals surface area contributed by atoms with Crippen LogP contribution in [0.25, 0.3) is 21.8 Å². The molecule has 15 heteroatoms. The van der Waals surface area contributed by atoms with Gasteiger partial charge >= 0.3 is 0 Å². The maximum absolute atomic E-state index is 13.0. The van der Waals surface area contributed by atoms with Gasteiger partial charge in [-0.25, -0.2) is 0 Å². The summed E-state index contributed by atoms with van der Waals surface area (Å²) in [5, 5.41) is 4.63. The third-order valence-electron chi connectivity index (χ3n) is 10.3. The van der Waals surface area contributed by atoms with E-state index >= 15 is 0 Å². The van der Waals surface area contributed by atoms with E-state index in [4.69, 9.17) is 23.7 Å². The Morgan fingerprint density at radius 3 is 2.15 bits per heavy atom. The number of aryl methyl sites for hydroxylation is 1. The first-order chi connectivity index (χ1) is 26.9. The molecule has 1 N–H and O–H groups in total. The lowest BCUT2D eigenvalue weighted by Gasteiger charge is -2.36. The Morgan fingerprint density at radius 2 is 1.42 bits per heavy atom. The van der Waals surface area contributed by atoms with Crippen LogP contribution in [-0.4, -0.2) is 141 Å². The molecule has 5 heterocycles. The van der Waals surface area contributed by atoms with E-state index in [-0.39, 0.29) is 30.6 Å². The van der Waals surface area contributed by atoms with Crippen molar-refractivity contribution >= 4 is 51.1 Å². The fraction of sp³-hybridized carbons (Fsp3) is 0.475. The van der Waals surface area contributed by atoms with E-state index in [1.54, 1.807) is 6.07 Å². The van der Waals surface area contributed by atoms with Gasteiger partial charge in [-0.15, -0.1) is 0 Å². The van der Waals surface area contributed by atoms with E-state index in [2.05, 4.69) is 56.0 Å². The predicted octanol–water partition coefficient (Wildman–Crippen LogP) is 2.79. The average Bonchev–Trinajstić information content (AvgIpc) is 3.62. The summed E-state index contributed by atoms with van der Waals surface area (Å²) in [7, 11) is 2.12. The minimum absolute atomic E-state index is 0.0685. The van der Waals surface area contributed by atoms with Crippen molar-refractivity contribution in [3.63, 3.8) is 0 Å². The molecule has 2 aromatic heterocycles. The van der Waals surface area contributed by atoms with Gasteiger partial charge in [0.2, 0.25) is 11.8 Å². The highest BCUT2D eigenvalue weighted by Gasteiger charge is 2.44. The van der Waals surface area contributed by atoms with Crippen molar-refractivity contribution in [2.24, 2.45) is 7.05 Å². The second-order valence-electron chi connectivity index (χ2n) is 13.8. The summed E-state index contributed by atoms with van der Waals surface area (Å²) >= 11 is 0. The first-order valence-corrected chi connectivity index (χ1v) is 19.0. The number of benzene rings is 2. The lowest BCUT2D eigenvalue weighted by atomic mass is 10.0. The molecule has 2 aromatic carbocycles. The molecular formula is C40H48N6O9. The third-order valence-corrected chi connectivity index (χ3v) is 10.3. The highest BCUT2D eigenvalue weighted by atomic mass is 16.6. The fourth-order valence-electron chi connectivity index (χ4n) is 7.38. The molecule has 0 aliphatic carbocycles. The first kappa shape index (κ1) is 38.3. The van der Waals surface area contributed by atoms with Crippen molar-refractivity contribution in [3.8, 4) is 5.75 Å². The zero-order valence-corrected chi connectivity index (χ0v) is 31.2. The number of nitrogens with one attached hydrogen (secondary N) is 1. The largest absolute Gasteiger partial charge is 0.491 e. The number of nitrogens with zero attached hydrogens (tertiary/aromatic N) is 5. The van der Waals surface area contributed by atoms with Gasteiger partial charge in [0.25, 0.3) is 11.8 Å². The van der Waals surface area contributed by atoms with Gasteiger partial charge in [0.05, 0.1) is 68.4 Å². The van der Waals surface area contributed by atoms with Crippen molar-refractivity contribution in [2.45, 2.75) is 25.3 Å². The Morgan fingerprint density at radius 1 is 0.727 bits per heavy atom. The van der Waals surface area contributed by atoms with E-state index in [1.807, 2.05) is 12.4 Å². The summed E-state index contributed by atoms with van der Waals surface area (Å²) < 4.78 is 30.5. The molecule has 15 nitrogen and oxygen atoms in total. The summed E-state index contributed by atoms with van der Waals surface area (Å²) in [6.07, 6.45) is 4.96. The highest BCUT2D eigenvalue weighted by Crippen LogP contribution is 2.32. The van der Waals surface area contributed by atoms with Crippen LogP contribution < -0.4 is 15.0 Å². The number of aromatic nitrogens is 2. The molecule has 0 radical (unpaired) electrons. The minimum Gasteiger partial charge on any atom is -0.491 e. The van der Waals surface area contributed by atoms with Gasteiger partial charge in [-0.3, -0.25) is 39.3 Å². The molecule has 2 saturated heterocycles. The molecule has 4 amide bonds. The Labute approximate surface area is 319 Å². The van der Waals surface area contributed by atoms with Gasteiger partial charge in [0.15, 0.2) is 0 Å². The third kappa shape index (κ3) is 8.97. The van der Waals surface area contributed by atoms with Crippen molar-refractivity contribution in [1.29, 1.82) is 0 Å². The van der Waals surface area contributed by atoms with Crippen LogP contribution in [0.1, 0.15) is 40.0 Å². The van der Waals surface area contributed by atoms with Crippen LogP contribution in [0, 0.1) is 0 Å². The number of piperidine rings is 1. The number of ether oxygens (including phenoxy) is 5. The van der Waals surface area contributed by atoms with E-state index in [0.717, 1.165) is 44.0 Å². The maximum atomic E-state index is 13.0. The molecule has 3 aliphatic rings. The van der Waals surface area contributed by atoms with Gasteiger partial charge in [0, 0.05) is 81.7 Å². The molecule has 55 heavy (non-hydrogen) atoms. The minimum atomic E-state index is -1.01. The van der Waals surface area contributed by atoms with Gasteiger partial charge in [-0.2, -0.15) is 0 Å². The molecule has 292 valence electrons. The quantitative estimate of drug-likeness (QED) is 0.111. The molecule has 4 aromatic rings. The second-order valence-corrected chi connectivity index (χ2v) is 13.8. The number of imide groups is 2. The first-order valence-electron chi connectivity index (χ1n) is 19.0. The summed E-state index contributed by atoms with van der Waals surface area (Å²) in [4.78, 5) is 59.7. The van der Waals surface area contributed by atoms with E-state index in [9.17, 15) is 19.2 Å². The molecule has 0 saturated carbocycles. The zero-order valence-electron chi connectivity index (χ0n) is 31.2. The molecule has 2 fully saturated rings. The van der Waals surface area contributed by atoms with Gasteiger partial charge in [0.1, 0.15) is 18.4 Å². The standard InChI is InChI=1S/C40H48N6O9/c1-43-34-9-10-41-27-33(34)30-5-3-28(25-36(30)43)45-14-12-44(13-15-45)11-2-16-51-17-18-52-19-20-53-21-22-54-23-24-55-29-4-6-31-32(26-29)40(50)46(39(31)49)35-7-8-37(47)42-38(35)48/h3-6,9-10,25-27,35H,2,7-8,11-24H2,1H3,(H,42,47,48). The Balaban J connectivity index is 0.670. The number of anilines is 1. The van der Waals surface area contributed by atoms with E-state index < -0.39 is 29.7 Å². The average molecular weight is 757 g/mol. The van der Waals surface area contributed by atoms with Crippen molar-refractivity contribution in [2.75, 3.05) is 97.1 Å². The fourth-order valence-corrected chi connectivity index (χ4v) is 7.38. The normalized spacial score (nSPS) is 17.8. The number of carbonyl (C=O) groups is 4. The molecular weight excluding hydrogens is 708 g/mol. The van der Waals surface area contributed by atoms with E-state index in [1.165, 1.54) is 39.6 Å². The van der Waals surface area contributed by atoms with Crippen molar-refractivity contribution < 1.29 is 42.9 Å². The number of pyridine rings is 1. The van der Waals surface area contributed by atoms with Crippen LogP contribution in [0.15, 0.2) is 54.9 Å². The highest BCUT2D eigenvalue weighted by molar-refractivity contribution is 6.23. The Kier molecular flexibility index (Phi) is 12.6. The number of hydrogen-bond donors (Lipinski definition) is 1. The van der Waals surface area contributed by atoms with Crippen LogP contribution in [0.4, 0.5) is 5.69 Å². The summed E-state index contributed by atoms with van der Waals surface area (Å²) in [5.74, 6) is -1.78. The smallest absolute Gasteiger partial charge is 0.262 e. The number of amides is 4. The zero-order chi connectivity index (χ0) is 38.1. The van der Waals surface area contributed by atoms with Gasteiger partial charge in [-0.1, -0.05) is 6.07 Å². The summed E-state index contributed by atoms with van der Waals surface area (Å²) in [5.41, 5.74) is 4.09. The lowest BCUT2D eigenvalue weighted by molar-refractivity contribution is -0.136. The topological polar surface area (TPSA) is 154 Å². The van der Waals surface area contributed by atoms with Crippen molar-refractivity contribution in [3.05, 3.63) is 66.0 Å². The second kappa shape index (κ2) is 18.1. The lowest BCUT2D eigenvalue weighted by Crippen LogP contribution is -2.54. The Hall–Kier alpha value is -4.93. The van der Waals surface area contributed by atoms with Crippen molar-refractivity contribution in [1.82, 2.24) is 24.7 Å². The molecule has 0 spiro atoms. The van der Waals surface area contributed by atoms with Crippen LogP contribution in [0.3, 0.4) is 0 Å².